The monoisotopic (exact) mass is 312 g/mol. The Morgan fingerprint density at radius 3 is 2.45 bits per heavy atom. The number of benzene rings is 1. The van der Waals surface area contributed by atoms with Crippen molar-refractivity contribution in [3.05, 3.63) is 32.7 Å². The fraction of sp³-hybridized carbons (Fsp3) is 0.357. The maximum atomic E-state index is 6.14. The van der Waals surface area contributed by atoms with Gasteiger partial charge < -0.3 is 14.8 Å². The van der Waals surface area contributed by atoms with E-state index in [1.807, 2.05) is 6.92 Å². The van der Waals surface area contributed by atoms with Gasteiger partial charge in [0.05, 0.1) is 37.2 Å². The number of methoxy groups -OCH3 is 2. The summed E-state index contributed by atoms with van der Waals surface area (Å²) in [7, 11) is 3.19. The molecule has 1 aromatic carbocycles. The van der Waals surface area contributed by atoms with Gasteiger partial charge in [0.1, 0.15) is 16.5 Å². The van der Waals surface area contributed by atoms with Crippen LogP contribution in [0, 0.1) is 13.8 Å². The summed E-state index contributed by atoms with van der Waals surface area (Å²) in [5.74, 6) is 1.28. The van der Waals surface area contributed by atoms with Gasteiger partial charge in [0.15, 0.2) is 0 Å². The molecule has 0 amide bonds. The van der Waals surface area contributed by atoms with Crippen LogP contribution in [0.3, 0.4) is 0 Å². The zero-order chi connectivity index (χ0) is 14.7. The van der Waals surface area contributed by atoms with Crippen molar-refractivity contribution in [3.8, 4) is 11.5 Å². The van der Waals surface area contributed by atoms with Crippen LogP contribution in [0.2, 0.25) is 5.02 Å². The number of nitrogens with one attached hydrogen (secondary N) is 1. The molecule has 0 aliphatic carbocycles. The maximum Gasteiger partial charge on any atom is 0.145 e. The Bertz CT molecular complexity index is 594. The molecule has 0 spiro atoms. The first-order valence-corrected chi connectivity index (χ1v) is 7.33. The number of rotatable bonds is 5. The van der Waals surface area contributed by atoms with Crippen LogP contribution in [0.25, 0.3) is 0 Å². The second-order valence-electron chi connectivity index (χ2n) is 4.29. The van der Waals surface area contributed by atoms with Gasteiger partial charge in [-0.1, -0.05) is 11.6 Å². The lowest BCUT2D eigenvalue weighted by Gasteiger charge is -2.13. The maximum absolute atomic E-state index is 6.14. The highest BCUT2D eigenvalue weighted by molar-refractivity contribution is 7.11. The summed E-state index contributed by atoms with van der Waals surface area (Å²) in [5.41, 5.74) is 1.90. The number of nitrogens with zero attached hydrogens (tertiary/aromatic N) is 1. The van der Waals surface area contributed by atoms with Crippen LogP contribution in [0.5, 0.6) is 11.5 Å². The first-order chi connectivity index (χ1) is 9.55. The lowest BCUT2D eigenvalue weighted by atomic mass is 10.2. The third-order valence-electron chi connectivity index (χ3n) is 2.98. The van der Waals surface area contributed by atoms with E-state index in [2.05, 4.69) is 17.2 Å². The van der Waals surface area contributed by atoms with Gasteiger partial charge in [-0.05, 0) is 19.9 Å². The van der Waals surface area contributed by atoms with E-state index >= 15 is 0 Å². The number of aromatic nitrogens is 1. The van der Waals surface area contributed by atoms with Gasteiger partial charge in [0.25, 0.3) is 0 Å². The van der Waals surface area contributed by atoms with E-state index in [1.54, 1.807) is 37.7 Å². The van der Waals surface area contributed by atoms with E-state index in [1.165, 1.54) is 4.88 Å². The molecule has 0 saturated heterocycles. The SMILES string of the molecule is COc1cc(OC)c(NCc2nc(C)c(C)s2)cc1Cl. The summed E-state index contributed by atoms with van der Waals surface area (Å²) < 4.78 is 10.5. The smallest absolute Gasteiger partial charge is 0.145 e. The summed E-state index contributed by atoms with van der Waals surface area (Å²) in [6.07, 6.45) is 0. The quantitative estimate of drug-likeness (QED) is 0.904. The summed E-state index contributed by atoms with van der Waals surface area (Å²) in [6.45, 7) is 4.72. The molecule has 2 aromatic rings. The molecule has 2 rings (SSSR count). The van der Waals surface area contributed by atoms with E-state index in [0.29, 0.717) is 23.1 Å². The number of hydrogen-bond donors (Lipinski definition) is 1. The Balaban J connectivity index is 2.18. The predicted molar refractivity (Wildman–Crippen MR) is 83.5 cm³/mol. The number of anilines is 1. The van der Waals surface area contributed by atoms with E-state index in [0.717, 1.165) is 16.4 Å². The van der Waals surface area contributed by atoms with E-state index in [4.69, 9.17) is 21.1 Å². The van der Waals surface area contributed by atoms with Gasteiger partial charge in [-0.25, -0.2) is 4.98 Å². The Hall–Kier alpha value is -1.46. The van der Waals surface area contributed by atoms with Crippen molar-refractivity contribution in [3.63, 3.8) is 0 Å². The second kappa shape index (κ2) is 6.33. The van der Waals surface area contributed by atoms with Crippen molar-refractivity contribution < 1.29 is 9.47 Å². The van der Waals surface area contributed by atoms with Crippen LogP contribution in [0.4, 0.5) is 5.69 Å². The van der Waals surface area contributed by atoms with Crippen LogP contribution in [-0.2, 0) is 6.54 Å². The van der Waals surface area contributed by atoms with Crippen molar-refractivity contribution in [2.24, 2.45) is 0 Å². The van der Waals surface area contributed by atoms with Crippen molar-refractivity contribution in [1.82, 2.24) is 4.98 Å². The lowest BCUT2D eigenvalue weighted by Crippen LogP contribution is -2.02. The Kier molecular flexibility index (Phi) is 4.73. The van der Waals surface area contributed by atoms with Crippen LogP contribution in [0.15, 0.2) is 12.1 Å². The molecular weight excluding hydrogens is 296 g/mol. The molecule has 4 nitrogen and oxygen atoms in total. The van der Waals surface area contributed by atoms with Crippen molar-refractivity contribution >= 4 is 28.6 Å². The minimum Gasteiger partial charge on any atom is -0.495 e. The highest BCUT2D eigenvalue weighted by atomic mass is 35.5. The number of aryl methyl sites for hydroxylation is 2. The van der Waals surface area contributed by atoms with E-state index < -0.39 is 0 Å². The molecule has 0 saturated carbocycles. The molecule has 0 aliphatic rings. The van der Waals surface area contributed by atoms with Gasteiger partial charge in [-0.3, -0.25) is 0 Å². The van der Waals surface area contributed by atoms with Gasteiger partial charge >= 0.3 is 0 Å². The highest BCUT2D eigenvalue weighted by Gasteiger charge is 2.11. The summed E-state index contributed by atoms with van der Waals surface area (Å²) in [4.78, 5) is 5.73. The number of ether oxygens (including phenoxy) is 2. The molecule has 0 atom stereocenters. The summed E-state index contributed by atoms with van der Waals surface area (Å²) in [6, 6.07) is 3.57. The zero-order valence-corrected chi connectivity index (χ0v) is 13.5. The number of halogens is 1. The minimum absolute atomic E-state index is 0.544. The van der Waals surface area contributed by atoms with Gasteiger partial charge in [-0.15, -0.1) is 11.3 Å². The van der Waals surface area contributed by atoms with Crippen LogP contribution in [-0.4, -0.2) is 19.2 Å². The van der Waals surface area contributed by atoms with Crippen LogP contribution < -0.4 is 14.8 Å². The van der Waals surface area contributed by atoms with Crippen LogP contribution in [0.1, 0.15) is 15.6 Å². The molecular formula is C14H17ClN2O2S. The Morgan fingerprint density at radius 2 is 1.90 bits per heavy atom. The van der Waals surface area contributed by atoms with Gasteiger partial charge in [0, 0.05) is 10.9 Å². The molecule has 0 unspecified atom stereocenters. The Labute approximate surface area is 127 Å². The highest BCUT2D eigenvalue weighted by Crippen LogP contribution is 2.36. The fourth-order valence-corrected chi connectivity index (χ4v) is 2.90. The summed E-state index contributed by atoms with van der Waals surface area (Å²) in [5, 5.41) is 4.88. The molecule has 6 heteroatoms. The Morgan fingerprint density at radius 1 is 1.20 bits per heavy atom. The van der Waals surface area contributed by atoms with Crippen molar-refractivity contribution in [2.75, 3.05) is 19.5 Å². The minimum atomic E-state index is 0.544. The van der Waals surface area contributed by atoms with Gasteiger partial charge in [0.2, 0.25) is 0 Å². The van der Waals surface area contributed by atoms with Crippen molar-refractivity contribution in [1.29, 1.82) is 0 Å². The van der Waals surface area contributed by atoms with E-state index in [-0.39, 0.29) is 0 Å². The molecule has 1 aromatic heterocycles. The number of hydrogen-bond acceptors (Lipinski definition) is 5. The third kappa shape index (κ3) is 3.16. The topological polar surface area (TPSA) is 43.4 Å². The fourth-order valence-electron chi connectivity index (χ4n) is 1.78. The largest absolute Gasteiger partial charge is 0.495 e. The summed E-state index contributed by atoms with van der Waals surface area (Å²) >= 11 is 7.82. The molecule has 0 fully saturated rings. The molecule has 0 radical (unpaired) electrons. The van der Waals surface area contributed by atoms with Crippen LogP contribution >= 0.6 is 22.9 Å². The molecule has 1 N–H and O–H groups in total. The molecule has 108 valence electrons. The first-order valence-electron chi connectivity index (χ1n) is 6.13. The lowest BCUT2D eigenvalue weighted by molar-refractivity contribution is 0.395. The first kappa shape index (κ1) is 14.9. The molecule has 0 aliphatic heterocycles. The zero-order valence-electron chi connectivity index (χ0n) is 11.9. The molecule has 20 heavy (non-hydrogen) atoms. The predicted octanol–water partition coefficient (Wildman–Crippen LogP) is 4.04. The van der Waals surface area contributed by atoms with E-state index in [9.17, 15) is 0 Å². The van der Waals surface area contributed by atoms with Crippen molar-refractivity contribution in [2.45, 2.75) is 20.4 Å². The normalized spacial score (nSPS) is 10.4. The standard InChI is InChI=1S/C14H17ClN2O2S/c1-8-9(2)20-14(17-8)7-16-11-5-10(15)12(18-3)6-13(11)19-4/h5-6,16H,7H2,1-4H3. The number of thiazole rings is 1. The second-order valence-corrected chi connectivity index (χ2v) is 5.98. The molecule has 0 bridgehead atoms. The average Bonchev–Trinajstić information content (AvgIpc) is 2.75. The third-order valence-corrected chi connectivity index (χ3v) is 4.35. The molecule has 1 heterocycles. The van der Waals surface area contributed by atoms with Gasteiger partial charge in [-0.2, -0.15) is 0 Å². The average molecular weight is 313 g/mol.